The molecule has 0 spiro atoms. The van der Waals surface area contributed by atoms with Crippen LogP contribution in [-0.4, -0.2) is 23.1 Å². The molecule has 0 saturated carbocycles. The van der Waals surface area contributed by atoms with Crippen molar-refractivity contribution in [2.75, 3.05) is 0 Å². The van der Waals surface area contributed by atoms with E-state index in [1.165, 1.54) is 6.42 Å². The molecule has 0 aliphatic carbocycles. The van der Waals surface area contributed by atoms with Crippen molar-refractivity contribution in [1.82, 2.24) is 0 Å². The molecule has 0 aliphatic rings. The number of carboxylic acids is 1. The Morgan fingerprint density at radius 2 is 1.57 bits per heavy atom. The van der Waals surface area contributed by atoms with E-state index in [0.717, 1.165) is 25.7 Å². The number of ether oxygens (including phenoxy) is 1. The molecule has 0 bridgehead atoms. The second-order valence-corrected chi connectivity index (χ2v) is 7.93. The maximum atomic E-state index is 12.7. The Hall–Kier alpha value is -1.06. The summed E-state index contributed by atoms with van der Waals surface area (Å²) in [6, 6.07) is 0. The van der Waals surface area contributed by atoms with Gasteiger partial charge in [0, 0.05) is 0 Å². The van der Waals surface area contributed by atoms with E-state index in [4.69, 9.17) is 4.74 Å². The fraction of sp³-hybridized carbons (Fsp3) is 0.895. The highest BCUT2D eigenvalue weighted by atomic mass is 16.5. The number of aliphatic carboxylic acids is 1. The zero-order valence-electron chi connectivity index (χ0n) is 16.1. The summed E-state index contributed by atoms with van der Waals surface area (Å²) in [6.07, 6.45) is 4.85. The van der Waals surface area contributed by atoms with E-state index in [-0.39, 0.29) is 12.5 Å². The number of carbonyl (C=O) groups is 2. The lowest BCUT2D eigenvalue weighted by Gasteiger charge is -2.38. The third kappa shape index (κ3) is 5.82. The summed E-state index contributed by atoms with van der Waals surface area (Å²) in [5.74, 6) is -0.999. The molecule has 0 aromatic carbocycles. The number of carbonyl (C=O) groups excluding carboxylic acids is 1. The largest absolute Gasteiger partial charge is 0.480 e. The zero-order chi connectivity index (χ0) is 18.3. The van der Waals surface area contributed by atoms with Crippen LogP contribution in [0.4, 0.5) is 0 Å². The molecular weight excluding hydrogens is 292 g/mol. The number of hydrogen-bond donors (Lipinski definition) is 1. The Morgan fingerprint density at radius 1 is 1.04 bits per heavy atom. The van der Waals surface area contributed by atoms with Crippen molar-refractivity contribution in [2.45, 2.75) is 93.1 Å². The fourth-order valence-corrected chi connectivity index (χ4v) is 3.06. The Labute approximate surface area is 142 Å². The van der Waals surface area contributed by atoms with Crippen LogP contribution in [0.15, 0.2) is 0 Å². The van der Waals surface area contributed by atoms with Gasteiger partial charge >= 0.3 is 11.9 Å². The topological polar surface area (TPSA) is 63.6 Å². The van der Waals surface area contributed by atoms with E-state index >= 15 is 0 Å². The number of carboxylic acid groups (broad SMARTS) is 1. The maximum Gasteiger partial charge on any atom is 0.324 e. The van der Waals surface area contributed by atoms with Crippen LogP contribution < -0.4 is 0 Å². The molecule has 1 N–H and O–H groups in total. The third-order valence-corrected chi connectivity index (χ3v) is 4.81. The molecule has 0 radical (unpaired) electrons. The highest BCUT2D eigenvalue weighted by molar-refractivity contribution is 6.00. The van der Waals surface area contributed by atoms with Crippen LogP contribution in [0.25, 0.3) is 0 Å². The van der Waals surface area contributed by atoms with Gasteiger partial charge in [-0.1, -0.05) is 61.3 Å². The maximum absolute atomic E-state index is 12.7. The van der Waals surface area contributed by atoms with Crippen LogP contribution in [0.5, 0.6) is 0 Å². The highest BCUT2D eigenvalue weighted by Gasteiger charge is 2.55. The van der Waals surface area contributed by atoms with Gasteiger partial charge in [0.25, 0.3) is 0 Å². The summed E-state index contributed by atoms with van der Waals surface area (Å²) in [6.45, 7) is 13.5. The number of unbranched alkanes of at least 4 members (excludes halogenated alkanes) is 1. The number of esters is 1. The molecule has 136 valence electrons. The fourth-order valence-electron chi connectivity index (χ4n) is 3.06. The minimum Gasteiger partial charge on any atom is -0.480 e. The Kier molecular flexibility index (Phi) is 8.86. The van der Waals surface area contributed by atoms with Crippen LogP contribution >= 0.6 is 0 Å². The molecule has 0 aliphatic heterocycles. The van der Waals surface area contributed by atoms with Gasteiger partial charge in [0.15, 0.2) is 5.41 Å². The van der Waals surface area contributed by atoms with Gasteiger partial charge in [-0.05, 0) is 37.0 Å². The van der Waals surface area contributed by atoms with E-state index in [0.29, 0.717) is 5.92 Å². The van der Waals surface area contributed by atoms with Crippen LogP contribution in [0, 0.1) is 16.7 Å². The molecule has 4 nitrogen and oxygen atoms in total. The summed E-state index contributed by atoms with van der Waals surface area (Å²) in [5.41, 5.74) is -2.18. The van der Waals surface area contributed by atoms with Gasteiger partial charge in [-0.25, -0.2) is 0 Å². The Morgan fingerprint density at radius 3 is 1.91 bits per heavy atom. The van der Waals surface area contributed by atoms with Crippen LogP contribution in [0.1, 0.15) is 87.0 Å². The summed E-state index contributed by atoms with van der Waals surface area (Å²) < 4.78 is 5.63. The molecule has 0 rings (SSSR count). The van der Waals surface area contributed by atoms with Crippen molar-refractivity contribution in [3.8, 4) is 0 Å². The van der Waals surface area contributed by atoms with Gasteiger partial charge in [0.2, 0.25) is 0 Å². The monoisotopic (exact) mass is 328 g/mol. The van der Waals surface area contributed by atoms with E-state index < -0.39 is 22.8 Å². The molecular formula is C19H36O4. The quantitative estimate of drug-likeness (QED) is 0.346. The molecule has 2 unspecified atom stereocenters. The standard InChI is InChI=1S/C19H36O4/c1-8-15(13-11-10-12-14(3)4)23-17(22)19(9-2,16(20)21)18(5,6)7/h14-15H,8-13H2,1-7H3,(H,20,21). The molecule has 0 aromatic rings. The molecule has 0 amide bonds. The SMILES string of the molecule is CCC(CCCCC(C)C)OC(=O)C(CC)(C(=O)O)C(C)(C)C. The van der Waals surface area contributed by atoms with E-state index in [1.54, 1.807) is 27.7 Å². The van der Waals surface area contributed by atoms with Gasteiger partial charge in [-0.3, -0.25) is 9.59 Å². The van der Waals surface area contributed by atoms with Gasteiger partial charge < -0.3 is 9.84 Å². The minimum absolute atomic E-state index is 0.192. The van der Waals surface area contributed by atoms with Gasteiger partial charge in [-0.15, -0.1) is 0 Å². The van der Waals surface area contributed by atoms with Crippen molar-refractivity contribution in [3.63, 3.8) is 0 Å². The Bertz CT molecular complexity index is 381. The molecule has 0 heterocycles. The van der Waals surface area contributed by atoms with E-state index in [2.05, 4.69) is 13.8 Å². The van der Waals surface area contributed by atoms with Crippen LogP contribution in [0.3, 0.4) is 0 Å². The molecule has 2 atom stereocenters. The molecule has 23 heavy (non-hydrogen) atoms. The van der Waals surface area contributed by atoms with Crippen molar-refractivity contribution < 1.29 is 19.4 Å². The van der Waals surface area contributed by atoms with Crippen molar-refractivity contribution >= 4 is 11.9 Å². The second kappa shape index (κ2) is 9.29. The highest BCUT2D eigenvalue weighted by Crippen LogP contribution is 2.43. The van der Waals surface area contributed by atoms with Crippen LogP contribution in [0.2, 0.25) is 0 Å². The van der Waals surface area contributed by atoms with Crippen molar-refractivity contribution in [2.24, 2.45) is 16.7 Å². The first-order valence-corrected chi connectivity index (χ1v) is 8.97. The average Bonchev–Trinajstić information content (AvgIpc) is 2.41. The van der Waals surface area contributed by atoms with Crippen molar-refractivity contribution in [3.05, 3.63) is 0 Å². The lowest BCUT2D eigenvalue weighted by Crippen LogP contribution is -2.50. The normalized spacial score (nSPS) is 16.0. The lowest BCUT2D eigenvalue weighted by molar-refractivity contribution is -0.182. The van der Waals surface area contributed by atoms with E-state index in [1.807, 2.05) is 6.92 Å². The average molecular weight is 328 g/mol. The lowest BCUT2D eigenvalue weighted by atomic mass is 9.65. The van der Waals surface area contributed by atoms with Gasteiger partial charge in [-0.2, -0.15) is 0 Å². The predicted octanol–water partition coefficient (Wildman–Crippen LogP) is 5.05. The first-order valence-electron chi connectivity index (χ1n) is 8.97. The third-order valence-electron chi connectivity index (χ3n) is 4.81. The predicted molar refractivity (Wildman–Crippen MR) is 93.3 cm³/mol. The van der Waals surface area contributed by atoms with Crippen molar-refractivity contribution in [1.29, 1.82) is 0 Å². The molecule has 0 aromatic heterocycles. The van der Waals surface area contributed by atoms with Gasteiger partial charge in [0.1, 0.15) is 6.10 Å². The summed E-state index contributed by atoms with van der Waals surface area (Å²) >= 11 is 0. The Balaban J connectivity index is 4.92. The smallest absolute Gasteiger partial charge is 0.324 e. The molecule has 4 heteroatoms. The van der Waals surface area contributed by atoms with Crippen LogP contribution in [-0.2, 0) is 14.3 Å². The number of rotatable bonds is 10. The van der Waals surface area contributed by atoms with Gasteiger partial charge in [0.05, 0.1) is 0 Å². The molecule has 0 saturated heterocycles. The summed E-state index contributed by atoms with van der Waals surface area (Å²) in [4.78, 5) is 24.5. The minimum atomic E-state index is -1.49. The van der Waals surface area contributed by atoms with E-state index in [9.17, 15) is 14.7 Å². The second-order valence-electron chi connectivity index (χ2n) is 7.93. The summed E-state index contributed by atoms with van der Waals surface area (Å²) in [5, 5.41) is 9.69. The first-order chi connectivity index (χ1) is 10.5. The zero-order valence-corrected chi connectivity index (χ0v) is 16.1. The first kappa shape index (κ1) is 21.9. The molecule has 0 fully saturated rings. The number of hydrogen-bond acceptors (Lipinski definition) is 3. The summed E-state index contributed by atoms with van der Waals surface area (Å²) in [7, 11) is 0.